The second kappa shape index (κ2) is 12.9. The molecule has 0 saturated carbocycles. The number of nitrogens with zero attached hydrogens (tertiary/aromatic N) is 2. The minimum absolute atomic E-state index is 0.105. The molecule has 220 valence electrons. The van der Waals surface area contributed by atoms with Crippen LogP contribution in [0.3, 0.4) is 0 Å². The minimum atomic E-state index is -3.99. The first-order valence-corrected chi connectivity index (χ1v) is 15.4. The van der Waals surface area contributed by atoms with Crippen LogP contribution in [-0.2, 0) is 32.6 Å². The summed E-state index contributed by atoms with van der Waals surface area (Å²) in [5, 5.41) is 4.75. The van der Waals surface area contributed by atoms with Crippen LogP contribution < -0.4 is 5.32 Å². The number of aryl methyl sites for hydroxylation is 1. The Kier molecular flexibility index (Phi) is 9.49. The second-order valence-electron chi connectivity index (χ2n) is 11.7. The second-order valence-corrected chi connectivity index (χ2v) is 13.8. The number of benzene rings is 4. The van der Waals surface area contributed by atoms with E-state index in [-0.39, 0.29) is 23.8 Å². The van der Waals surface area contributed by atoms with Gasteiger partial charge in [-0.25, -0.2) is 8.42 Å². The average Bonchev–Trinajstić information content (AvgIpc) is 2.95. The fraction of sp³-hybridized carbons (Fsp3) is 0.294. The zero-order valence-corrected chi connectivity index (χ0v) is 25.7. The van der Waals surface area contributed by atoms with Crippen LogP contribution in [0.1, 0.15) is 37.5 Å². The number of fused-ring (bicyclic) bond motifs is 1. The minimum Gasteiger partial charge on any atom is -0.350 e. The summed E-state index contributed by atoms with van der Waals surface area (Å²) in [7, 11) is -2.59. The predicted octanol–water partition coefficient (Wildman–Crippen LogP) is 5.32. The van der Waals surface area contributed by atoms with Crippen LogP contribution in [0.2, 0.25) is 0 Å². The Morgan fingerprint density at radius 3 is 2.07 bits per heavy atom. The number of rotatable bonds is 10. The Bertz CT molecular complexity index is 1650. The van der Waals surface area contributed by atoms with Gasteiger partial charge in [0.05, 0.1) is 11.4 Å². The average molecular weight is 586 g/mol. The summed E-state index contributed by atoms with van der Waals surface area (Å²) in [5.41, 5.74) is 2.28. The summed E-state index contributed by atoms with van der Waals surface area (Å²) in [5.74, 6) is -0.765. The van der Waals surface area contributed by atoms with E-state index in [1.807, 2.05) is 107 Å². The third-order valence-electron chi connectivity index (χ3n) is 7.03. The van der Waals surface area contributed by atoms with Crippen molar-refractivity contribution >= 4 is 32.6 Å². The lowest BCUT2D eigenvalue weighted by molar-refractivity contribution is -0.141. The number of hydrogen-bond acceptors (Lipinski definition) is 4. The Labute approximate surface area is 249 Å². The first kappa shape index (κ1) is 30.9. The van der Waals surface area contributed by atoms with E-state index in [4.69, 9.17) is 0 Å². The highest BCUT2D eigenvalue weighted by atomic mass is 32.2. The summed E-state index contributed by atoms with van der Waals surface area (Å²) in [4.78, 5) is 29.4. The highest BCUT2D eigenvalue weighted by molar-refractivity contribution is 7.89. The lowest BCUT2D eigenvalue weighted by atomic mass is 10.0. The molecule has 42 heavy (non-hydrogen) atoms. The fourth-order valence-electron chi connectivity index (χ4n) is 4.77. The Morgan fingerprint density at radius 2 is 1.43 bits per heavy atom. The number of carbonyl (C=O) groups excluding carboxylic acids is 2. The molecular formula is C34H39N3O4S. The molecule has 0 aliphatic heterocycles. The van der Waals surface area contributed by atoms with Crippen LogP contribution in [-0.4, -0.2) is 54.6 Å². The predicted molar refractivity (Wildman–Crippen MR) is 167 cm³/mol. The highest BCUT2D eigenvalue weighted by Gasteiger charge is 2.34. The topological polar surface area (TPSA) is 86.8 Å². The van der Waals surface area contributed by atoms with Gasteiger partial charge in [-0.1, -0.05) is 90.5 Å². The molecule has 0 aliphatic carbocycles. The van der Waals surface area contributed by atoms with E-state index in [1.165, 1.54) is 11.9 Å². The van der Waals surface area contributed by atoms with Crippen LogP contribution in [0.5, 0.6) is 0 Å². The third-order valence-corrected chi connectivity index (χ3v) is 8.83. The molecule has 0 heterocycles. The molecule has 2 amide bonds. The van der Waals surface area contributed by atoms with Crippen molar-refractivity contribution in [3.05, 3.63) is 114 Å². The van der Waals surface area contributed by atoms with Crippen LogP contribution in [0.4, 0.5) is 0 Å². The Hall–Kier alpha value is -4.01. The van der Waals surface area contributed by atoms with E-state index in [0.717, 1.165) is 31.8 Å². The number of likely N-dealkylation sites (N-methyl/N-ethyl adjacent to an activating group) is 1. The smallest absolute Gasteiger partial charge is 0.243 e. The van der Waals surface area contributed by atoms with E-state index in [0.29, 0.717) is 0 Å². The molecular weight excluding hydrogens is 546 g/mol. The number of sulfonamides is 1. The van der Waals surface area contributed by atoms with Crippen molar-refractivity contribution in [1.82, 2.24) is 14.5 Å². The third kappa shape index (κ3) is 7.84. The molecule has 0 spiro atoms. The van der Waals surface area contributed by atoms with Crippen molar-refractivity contribution in [1.29, 1.82) is 0 Å². The summed E-state index contributed by atoms with van der Waals surface area (Å²) in [6, 6.07) is 28.9. The Balaban J connectivity index is 1.68. The summed E-state index contributed by atoms with van der Waals surface area (Å²) in [6.45, 7) is 7.38. The van der Waals surface area contributed by atoms with E-state index in [2.05, 4.69) is 5.32 Å². The molecule has 0 aromatic heterocycles. The zero-order valence-electron chi connectivity index (χ0n) is 24.9. The van der Waals surface area contributed by atoms with Crippen molar-refractivity contribution in [2.24, 2.45) is 0 Å². The SMILES string of the molecule is Cc1ccc(CN(C(=O)CN(C)S(=O)(=O)c2ccc3ccccc3c2)C(Cc2ccccc2)C(=O)NC(C)(C)C)cc1. The lowest BCUT2D eigenvalue weighted by Gasteiger charge is -2.34. The molecule has 1 atom stereocenters. The first-order valence-electron chi connectivity index (χ1n) is 14.0. The normalized spacial score (nSPS) is 12.7. The van der Waals surface area contributed by atoms with Gasteiger partial charge in [0.1, 0.15) is 6.04 Å². The fourth-order valence-corrected chi connectivity index (χ4v) is 5.93. The maximum Gasteiger partial charge on any atom is 0.243 e. The molecule has 7 nitrogen and oxygen atoms in total. The Morgan fingerprint density at radius 1 is 0.810 bits per heavy atom. The number of carbonyl (C=O) groups is 2. The lowest BCUT2D eigenvalue weighted by Crippen LogP contribution is -2.56. The quantitative estimate of drug-likeness (QED) is 0.273. The molecule has 0 aliphatic rings. The van der Waals surface area contributed by atoms with Gasteiger partial charge in [-0.3, -0.25) is 9.59 Å². The van der Waals surface area contributed by atoms with Crippen LogP contribution in [0.15, 0.2) is 102 Å². The van der Waals surface area contributed by atoms with Gasteiger partial charge in [-0.05, 0) is 61.7 Å². The molecule has 1 N–H and O–H groups in total. The molecule has 0 saturated heterocycles. The zero-order chi connectivity index (χ0) is 30.5. The van der Waals surface area contributed by atoms with E-state index >= 15 is 0 Å². The van der Waals surface area contributed by atoms with Gasteiger partial charge in [0.2, 0.25) is 21.8 Å². The van der Waals surface area contributed by atoms with Gasteiger partial charge >= 0.3 is 0 Å². The van der Waals surface area contributed by atoms with Gasteiger partial charge in [0, 0.05) is 25.6 Å². The largest absolute Gasteiger partial charge is 0.350 e. The molecule has 8 heteroatoms. The maximum absolute atomic E-state index is 14.1. The maximum atomic E-state index is 14.1. The highest BCUT2D eigenvalue weighted by Crippen LogP contribution is 2.22. The van der Waals surface area contributed by atoms with Crippen LogP contribution in [0, 0.1) is 6.92 Å². The molecule has 0 fully saturated rings. The summed E-state index contributed by atoms with van der Waals surface area (Å²) >= 11 is 0. The molecule has 4 rings (SSSR count). The van der Waals surface area contributed by atoms with Crippen molar-refractivity contribution < 1.29 is 18.0 Å². The number of nitrogens with one attached hydrogen (secondary N) is 1. The van der Waals surface area contributed by atoms with Crippen molar-refractivity contribution in [3.63, 3.8) is 0 Å². The van der Waals surface area contributed by atoms with E-state index < -0.39 is 34.1 Å². The molecule has 0 bridgehead atoms. The van der Waals surface area contributed by atoms with Gasteiger partial charge in [0.15, 0.2) is 0 Å². The van der Waals surface area contributed by atoms with Crippen molar-refractivity contribution in [2.75, 3.05) is 13.6 Å². The molecule has 4 aromatic rings. The standard InChI is InChI=1S/C34H39N3O4S/c1-25-15-17-27(18-16-25)23-37(31(33(39)35-34(2,3)4)21-26-11-7-6-8-12-26)32(38)24-36(5)42(40,41)30-20-19-28-13-9-10-14-29(28)22-30/h6-20,22,31H,21,23-24H2,1-5H3,(H,35,39). The number of amides is 2. The van der Waals surface area contributed by atoms with Gasteiger partial charge in [-0.2, -0.15) is 4.31 Å². The summed E-state index contributed by atoms with van der Waals surface area (Å²) in [6.07, 6.45) is 0.279. The van der Waals surface area contributed by atoms with E-state index in [9.17, 15) is 18.0 Å². The monoisotopic (exact) mass is 585 g/mol. The van der Waals surface area contributed by atoms with Gasteiger partial charge in [-0.15, -0.1) is 0 Å². The van der Waals surface area contributed by atoms with Crippen molar-refractivity contribution in [2.45, 2.75) is 57.1 Å². The van der Waals surface area contributed by atoms with Gasteiger partial charge in [0.25, 0.3) is 0 Å². The van der Waals surface area contributed by atoms with Crippen LogP contribution in [0.25, 0.3) is 10.8 Å². The first-order chi connectivity index (χ1) is 19.8. The van der Waals surface area contributed by atoms with E-state index in [1.54, 1.807) is 18.2 Å². The van der Waals surface area contributed by atoms with Gasteiger partial charge < -0.3 is 10.2 Å². The van der Waals surface area contributed by atoms with Crippen LogP contribution >= 0.6 is 0 Å². The summed E-state index contributed by atoms with van der Waals surface area (Å²) < 4.78 is 28.2. The number of hydrogen-bond donors (Lipinski definition) is 1. The molecule has 1 unspecified atom stereocenters. The van der Waals surface area contributed by atoms with Crippen molar-refractivity contribution in [3.8, 4) is 0 Å². The molecule has 0 radical (unpaired) electrons. The molecule has 4 aromatic carbocycles.